The highest BCUT2D eigenvalue weighted by Gasteiger charge is 2.52. The Morgan fingerprint density at radius 2 is 1.83 bits per heavy atom. The molecule has 4 nitrogen and oxygen atoms in total. The van der Waals surface area contributed by atoms with Crippen molar-refractivity contribution in [1.82, 2.24) is 4.90 Å². The summed E-state index contributed by atoms with van der Waals surface area (Å²) < 4.78 is 0. The summed E-state index contributed by atoms with van der Waals surface area (Å²) in [5, 5.41) is 0.565. The molecule has 0 N–H and O–H groups in total. The lowest BCUT2D eigenvalue weighted by molar-refractivity contribution is -0.121. The maximum Gasteiger partial charge on any atom is 0.254 e. The van der Waals surface area contributed by atoms with E-state index in [0.29, 0.717) is 23.6 Å². The van der Waals surface area contributed by atoms with E-state index in [1.54, 1.807) is 15.9 Å². The highest BCUT2D eigenvalue weighted by molar-refractivity contribution is 6.34. The molecule has 2 heterocycles. The average Bonchev–Trinajstić information content (AvgIpc) is 3.14. The fraction of sp³-hybridized carbons (Fsp3) is 0.263. The topological polar surface area (TPSA) is 40.6 Å². The molecule has 2 atom stereocenters. The van der Waals surface area contributed by atoms with Gasteiger partial charge in [-0.1, -0.05) is 41.4 Å². The van der Waals surface area contributed by atoms with Gasteiger partial charge in [-0.2, -0.15) is 0 Å². The average molecular weight is 341 g/mol. The number of likely N-dealkylation sites (tertiary alicyclic amines) is 1. The first-order chi connectivity index (χ1) is 11.6. The molecule has 2 aromatic rings. The number of anilines is 1. The molecule has 2 fully saturated rings. The van der Waals surface area contributed by atoms with Crippen molar-refractivity contribution >= 4 is 29.1 Å². The van der Waals surface area contributed by atoms with Crippen LogP contribution in [0.5, 0.6) is 0 Å². The van der Waals surface area contributed by atoms with Crippen LogP contribution in [-0.4, -0.2) is 35.3 Å². The summed E-state index contributed by atoms with van der Waals surface area (Å²) in [6, 6.07) is 14.4. The van der Waals surface area contributed by atoms with Gasteiger partial charge in [0, 0.05) is 12.1 Å². The van der Waals surface area contributed by atoms with Crippen LogP contribution in [0.15, 0.2) is 48.5 Å². The van der Waals surface area contributed by atoms with E-state index in [1.807, 2.05) is 49.4 Å². The number of piperazine rings is 1. The van der Waals surface area contributed by atoms with Crippen molar-refractivity contribution in [2.45, 2.75) is 25.4 Å². The second-order valence-electron chi connectivity index (χ2n) is 6.39. The molecule has 122 valence electrons. The number of hydrogen-bond donors (Lipinski definition) is 0. The molecule has 5 heteroatoms. The zero-order valence-corrected chi connectivity index (χ0v) is 14.0. The minimum Gasteiger partial charge on any atom is -0.324 e. The van der Waals surface area contributed by atoms with Gasteiger partial charge in [-0.25, -0.2) is 0 Å². The van der Waals surface area contributed by atoms with Crippen LogP contribution < -0.4 is 4.90 Å². The molecule has 0 unspecified atom stereocenters. The molecule has 2 aliphatic rings. The molecule has 2 amide bonds. The maximum absolute atomic E-state index is 12.8. The molecular weight excluding hydrogens is 324 g/mol. The van der Waals surface area contributed by atoms with Gasteiger partial charge >= 0.3 is 0 Å². The van der Waals surface area contributed by atoms with Gasteiger partial charge in [0.1, 0.15) is 6.04 Å². The van der Waals surface area contributed by atoms with E-state index in [2.05, 4.69) is 0 Å². The zero-order chi connectivity index (χ0) is 16.8. The minimum atomic E-state index is -0.389. The Labute approximate surface area is 145 Å². The maximum atomic E-state index is 12.8. The number of hydrogen-bond acceptors (Lipinski definition) is 2. The normalized spacial score (nSPS) is 22.3. The Morgan fingerprint density at radius 3 is 2.50 bits per heavy atom. The van der Waals surface area contributed by atoms with Gasteiger partial charge in [0.25, 0.3) is 5.91 Å². The Kier molecular flexibility index (Phi) is 3.57. The number of rotatable bonds is 2. The van der Waals surface area contributed by atoms with E-state index in [0.717, 1.165) is 11.3 Å². The fourth-order valence-electron chi connectivity index (χ4n) is 3.62. The molecule has 0 radical (unpaired) electrons. The molecule has 2 saturated heterocycles. The number of nitrogens with zero attached hydrogens (tertiary/aromatic N) is 2. The summed E-state index contributed by atoms with van der Waals surface area (Å²) in [4.78, 5) is 29.0. The number of para-hydroxylation sites is 1. The van der Waals surface area contributed by atoms with E-state index < -0.39 is 0 Å². The van der Waals surface area contributed by atoms with Crippen LogP contribution in [0.2, 0.25) is 5.02 Å². The first kappa shape index (κ1) is 15.2. The summed E-state index contributed by atoms with van der Waals surface area (Å²) in [6.07, 6.45) is 0.668. The van der Waals surface area contributed by atoms with Gasteiger partial charge in [-0.3, -0.25) is 9.59 Å². The lowest BCUT2D eigenvalue weighted by Gasteiger charge is -2.34. The third kappa shape index (κ3) is 2.29. The van der Waals surface area contributed by atoms with Crippen molar-refractivity contribution < 1.29 is 9.59 Å². The Balaban J connectivity index is 1.59. The third-order valence-corrected chi connectivity index (χ3v) is 5.16. The lowest BCUT2D eigenvalue weighted by Crippen LogP contribution is -2.52. The molecular formula is C19H17ClN2O2. The zero-order valence-electron chi connectivity index (χ0n) is 13.3. The van der Waals surface area contributed by atoms with Crippen LogP contribution in [0.3, 0.4) is 0 Å². The Bertz CT molecular complexity index is 818. The predicted octanol–water partition coefficient (Wildman–Crippen LogP) is 3.28. The monoisotopic (exact) mass is 340 g/mol. The molecule has 24 heavy (non-hydrogen) atoms. The number of halogens is 1. The number of aryl methyl sites for hydroxylation is 1. The van der Waals surface area contributed by atoms with E-state index in [-0.39, 0.29) is 23.9 Å². The fourth-order valence-corrected chi connectivity index (χ4v) is 3.85. The molecule has 2 aromatic carbocycles. The molecule has 2 bridgehead atoms. The van der Waals surface area contributed by atoms with Crippen LogP contribution in [0.1, 0.15) is 22.3 Å². The van der Waals surface area contributed by atoms with Crippen molar-refractivity contribution in [2.24, 2.45) is 0 Å². The van der Waals surface area contributed by atoms with Crippen molar-refractivity contribution in [3.63, 3.8) is 0 Å². The summed E-state index contributed by atoms with van der Waals surface area (Å²) in [5.41, 5.74) is 2.47. The summed E-state index contributed by atoms with van der Waals surface area (Å²) in [6.45, 7) is 2.53. The van der Waals surface area contributed by atoms with Crippen molar-refractivity contribution in [2.75, 3.05) is 11.4 Å². The Morgan fingerprint density at radius 1 is 1.12 bits per heavy atom. The van der Waals surface area contributed by atoms with Crippen LogP contribution in [-0.2, 0) is 4.79 Å². The molecule has 0 aliphatic carbocycles. The standard InChI is InChI=1S/C19H17ClN2O2/c1-12-6-8-13(9-7-12)18(23)21-11-14-10-17(21)19(24)22(14)16-5-3-2-4-15(16)20/h2-9,14,17H,10-11H2,1H3/t14-,17-/m0/s1. The van der Waals surface area contributed by atoms with Gasteiger partial charge < -0.3 is 9.80 Å². The predicted molar refractivity (Wildman–Crippen MR) is 93.3 cm³/mol. The quantitative estimate of drug-likeness (QED) is 0.841. The largest absolute Gasteiger partial charge is 0.324 e. The second-order valence-corrected chi connectivity index (χ2v) is 6.80. The summed E-state index contributed by atoms with van der Waals surface area (Å²) >= 11 is 6.24. The number of fused-ring (bicyclic) bond motifs is 2. The van der Waals surface area contributed by atoms with E-state index in [4.69, 9.17) is 11.6 Å². The molecule has 0 saturated carbocycles. The minimum absolute atomic E-state index is 0.00296. The first-order valence-corrected chi connectivity index (χ1v) is 8.39. The van der Waals surface area contributed by atoms with Gasteiger partial charge in [0.05, 0.1) is 16.8 Å². The van der Waals surface area contributed by atoms with Crippen LogP contribution in [0, 0.1) is 6.92 Å². The molecule has 0 aromatic heterocycles. The SMILES string of the molecule is Cc1ccc(C(=O)N2C[C@@H]3C[C@H]2C(=O)N3c2ccccc2Cl)cc1. The lowest BCUT2D eigenvalue weighted by atomic mass is 10.1. The van der Waals surface area contributed by atoms with Crippen molar-refractivity contribution in [1.29, 1.82) is 0 Å². The van der Waals surface area contributed by atoms with E-state index in [1.165, 1.54) is 0 Å². The van der Waals surface area contributed by atoms with Crippen molar-refractivity contribution in [3.05, 3.63) is 64.7 Å². The molecule has 0 spiro atoms. The number of amides is 2. The summed E-state index contributed by atoms with van der Waals surface area (Å²) in [7, 11) is 0. The highest BCUT2D eigenvalue weighted by Crippen LogP contribution is 2.39. The second kappa shape index (κ2) is 5.64. The molecule has 4 rings (SSSR count). The highest BCUT2D eigenvalue weighted by atomic mass is 35.5. The third-order valence-electron chi connectivity index (χ3n) is 4.84. The number of benzene rings is 2. The first-order valence-electron chi connectivity index (χ1n) is 8.01. The molecule has 2 aliphatic heterocycles. The van der Waals surface area contributed by atoms with Gasteiger partial charge in [0.2, 0.25) is 5.91 Å². The smallest absolute Gasteiger partial charge is 0.254 e. The van der Waals surface area contributed by atoms with Gasteiger partial charge in [-0.05, 0) is 37.6 Å². The summed E-state index contributed by atoms with van der Waals surface area (Å²) in [5.74, 6) is -0.116. The van der Waals surface area contributed by atoms with E-state index >= 15 is 0 Å². The van der Waals surface area contributed by atoms with Crippen LogP contribution in [0.25, 0.3) is 0 Å². The van der Waals surface area contributed by atoms with Gasteiger partial charge in [-0.15, -0.1) is 0 Å². The van der Waals surface area contributed by atoms with Crippen LogP contribution >= 0.6 is 11.6 Å². The number of carbonyl (C=O) groups excluding carboxylic acids is 2. The van der Waals surface area contributed by atoms with Crippen LogP contribution in [0.4, 0.5) is 5.69 Å². The number of carbonyl (C=O) groups is 2. The van der Waals surface area contributed by atoms with Crippen molar-refractivity contribution in [3.8, 4) is 0 Å². The Hall–Kier alpha value is -2.33. The van der Waals surface area contributed by atoms with E-state index in [9.17, 15) is 9.59 Å². The van der Waals surface area contributed by atoms with Gasteiger partial charge in [0.15, 0.2) is 0 Å².